The molecule has 0 amide bonds. The van der Waals surface area contributed by atoms with Crippen LogP contribution < -0.4 is 4.57 Å². The Morgan fingerprint density at radius 3 is 2.80 bits per heavy atom. The highest BCUT2D eigenvalue weighted by Crippen LogP contribution is 2.02. The fourth-order valence-electron chi connectivity index (χ4n) is 1.37. The maximum atomic E-state index is 4.06. The smallest absolute Gasteiger partial charge is 0.204 e. The fraction of sp³-hybridized carbons (Fsp3) is 0.0769. The summed E-state index contributed by atoms with van der Waals surface area (Å²) in [6.07, 6.45) is 9.79. The van der Waals surface area contributed by atoms with Crippen LogP contribution in [0.4, 0.5) is 0 Å². The van der Waals surface area contributed by atoms with E-state index >= 15 is 0 Å². The minimum Gasteiger partial charge on any atom is -0.264 e. The molecule has 0 N–H and O–H groups in total. The molecule has 2 heterocycles. The second-order valence-corrected chi connectivity index (χ2v) is 3.36. The van der Waals surface area contributed by atoms with E-state index in [4.69, 9.17) is 0 Å². The van der Waals surface area contributed by atoms with Crippen molar-refractivity contribution in [3.63, 3.8) is 0 Å². The molecule has 15 heavy (non-hydrogen) atoms. The molecule has 0 saturated carbocycles. The predicted molar refractivity (Wildman–Crippen MR) is 60.8 cm³/mol. The summed E-state index contributed by atoms with van der Waals surface area (Å²) >= 11 is 0. The van der Waals surface area contributed by atoms with Gasteiger partial charge in [0.15, 0.2) is 6.20 Å². The van der Waals surface area contributed by atoms with Crippen LogP contribution in [-0.2, 0) is 7.05 Å². The molecule has 0 aliphatic rings. The Morgan fingerprint density at radius 1 is 1.13 bits per heavy atom. The third kappa shape index (κ3) is 2.50. The van der Waals surface area contributed by atoms with Gasteiger partial charge in [0.25, 0.3) is 0 Å². The third-order valence-corrected chi connectivity index (χ3v) is 2.23. The summed E-state index contributed by atoms with van der Waals surface area (Å²) < 4.78 is 2.08. The Bertz CT molecular complexity index is 461. The van der Waals surface area contributed by atoms with Crippen molar-refractivity contribution in [1.82, 2.24) is 4.98 Å². The maximum Gasteiger partial charge on any atom is 0.204 e. The molecule has 0 spiro atoms. The molecule has 0 bridgehead atoms. The van der Waals surface area contributed by atoms with Gasteiger partial charge in [-0.25, -0.2) is 4.57 Å². The van der Waals surface area contributed by atoms with Gasteiger partial charge in [-0.05, 0) is 23.8 Å². The van der Waals surface area contributed by atoms with E-state index in [2.05, 4.69) is 27.8 Å². The lowest BCUT2D eigenvalue weighted by Gasteiger charge is -1.92. The lowest BCUT2D eigenvalue weighted by Crippen LogP contribution is -2.30. The Labute approximate surface area is 89.5 Å². The Kier molecular flexibility index (Phi) is 2.88. The van der Waals surface area contributed by atoms with Gasteiger partial charge in [0.2, 0.25) is 5.69 Å². The summed E-state index contributed by atoms with van der Waals surface area (Å²) in [6, 6.07) is 10.1. The second kappa shape index (κ2) is 4.51. The SMILES string of the molecule is C[n+]1ccccc1/C=C/c1cccnc1. The number of aryl methyl sites for hydroxylation is 1. The van der Waals surface area contributed by atoms with E-state index in [0.29, 0.717) is 0 Å². The minimum absolute atomic E-state index is 1.11. The minimum atomic E-state index is 1.11. The van der Waals surface area contributed by atoms with Crippen LogP contribution in [0.5, 0.6) is 0 Å². The average Bonchev–Trinajstić information content (AvgIpc) is 2.29. The Balaban J connectivity index is 2.23. The number of rotatable bonds is 2. The van der Waals surface area contributed by atoms with Gasteiger partial charge in [-0.1, -0.05) is 6.07 Å². The van der Waals surface area contributed by atoms with Crippen LogP contribution >= 0.6 is 0 Å². The van der Waals surface area contributed by atoms with Gasteiger partial charge in [0.1, 0.15) is 7.05 Å². The molecule has 2 aromatic rings. The quantitative estimate of drug-likeness (QED) is 0.673. The summed E-state index contributed by atoms with van der Waals surface area (Å²) in [6.45, 7) is 0. The molecule has 0 atom stereocenters. The molecular weight excluding hydrogens is 184 g/mol. The lowest BCUT2D eigenvalue weighted by atomic mass is 10.2. The zero-order chi connectivity index (χ0) is 10.5. The number of pyridine rings is 2. The Morgan fingerprint density at radius 2 is 2.07 bits per heavy atom. The van der Waals surface area contributed by atoms with E-state index in [1.807, 2.05) is 43.7 Å². The Hall–Kier alpha value is -1.96. The average molecular weight is 197 g/mol. The number of aromatic nitrogens is 2. The molecule has 0 aromatic carbocycles. The van der Waals surface area contributed by atoms with Gasteiger partial charge in [0.05, 0.1) is 0 Å². The number of nitrogens with zero attached hydrogens (tertiary/aromatic N) is 2. The first-order valence-corrected chi connectivity index (χ1v) is 4.89. The highest BCUT2D eigenvalue weighted by molar-refractivity contribution is 5.66. The molecule has 0 saturated heterocycles. The predicted octanol–water partition coefficient (Wildman–Crippen LogP) is 2.08. The zero-order valence-electron chi connectivity index (χ0n) is 8.67. The topological polar surface area (TPSA) is 16.8 Å². The van der Waals surface area contributed by atoms with E-state index in [1.54, 1.807) is 6.20 Å². The summed E-state index contributed by atoms with van der Waals surface area (Å²) in [5.74, 6) is 0. The molecule has 0 aliphatic heterocycles. The third-order valence-electron chi connectivity index (χ3n) is 2.23. The van der Waals surface area contributed by atoms with Crippen molar-refractivity contribution in [2.75, 3.05) is 0 Å². The van der Waals surface area contributed by atoms with Crippen molar-refractivity contribution in [3.05, 3.63) is 60.2 Å². The summed E-state index contributed by atoms with van der Waals surface area (Å²) in [5, 5.41) is 0. The molecule has 0 aliphatic carbocycles. The van der Waals surface area contributed by atoms with E-state index in [9.17, 15) is 0 Å². The zero-order valence-corrected chi connectivity index (χ0v) is 8.67. The molecule has 0 unspecified atom stereocenters. The van der Waals surface area contributed by atoms with Crippen LogP contribution in [0.2, 0.25) is 0 Å². The lowest BCUT2D eigenvalue weighted by molar-refractivity contribution is -0.673. The van der Waals surface area contributed by atoms with Crippen molar-refractivity contribution in [3.8, 4) is 0 Å². The summed E-state index contributed by atoms with van der Waals surface area (Å²) in [4.78, 5) is 4.06. The van der Waals surface area contributed by atoms with E-state index in [1.165, 1.54) is 5.69 Å². The van der Waals surface area contributed by atoms with Crippen molar-refractivity contribution in [1.29, 1.82) is 0 Å². The van der Waals surface area contributed by atoms with Crippen LogP contribution in [-0.4, -0.2) is 4.98 Å². The molecule has 2 heteroatoms. The molecule has 0 radical (unpaired) electrons. The first-order chi connectivity index (χ1) is 7.36. The first kappa shape index (κ1) is 9.59. The highest BCUT2D eigenvalue weighted by atomic mass is 14.9. The molecule has 74 valence electrons. The van der Waals surface area contributed by atoms with Gasteiger partial charge in [0, 0.05) is 30.6 Å². The van der Waals surface area contributed by atoms with Crippen molar-refractivity contribution in [2.45, 2.75) is 0 Å². The normalized spacial score (nSPS) is 10.7. The van der Waals surface area contributed by atoms with Crippen LogP contribution in [0.3, 0.4) is 0 Å². The molecule has 2 aromatic heterocycles. The number of hydrogen-bond donors (Lipinski definition) is 0. The number of hydrogen-bond acceptors (Lipinski definition) is 1. The van der Waals surface area contributed by atoms with Gasteiger partial charge < -0.3 is 0 Å². The monoisotopic (exact) mass is 197 g/mol. The van der Waals surface area contributed by atoms with Crippen LogP contribution in [0.15, 0.2) is 48.9 Å². The van der Waals surface area contributed by atoms with Crippen molar-refractivity contribution < 1.29 is 4.57 Å². The van der Waals surface area contributed by atoms with Gasteiger partial charge in [-0.3, -0.25) is 4.98 Å². The van der Waals surface area contributed by atoms with Crippen molar-refractivity contribution >= 4 is 12.2 Å². The molecular formula is C13H13N2+. The standard InChI is InChI=1S/C13H13N2/c1-15-10-3-2-6-13(15)8-7-12-5-4-9-14-11-12/h2-11H,1H3/q+1. The second-order valence-electron chi connectivity index (χ2n) is 3.36. The van der Waals surface area contributed by atoms with Crippen LogP contribution in [0, 0.1) is 0 Å². The molecule has 0 fully saturated rings. The van der Waals surface area contributed by atoms with Gasteiger partial charge in [-0.2, -0.15) is 0 Å². The van der Waals surface area contributed by atoms with Crippen LogP contribution in [0.1, 0.15) is 11.3 Å². The maximum absolute atomic E-state index is 4.06. The van der Waals surface area contributed by atoms with Gasteiger partial charge in [-0.15, -0.1) is 0 Å². The summed E-state index contributed by atoms with van der Waals surface area (Å²) in [7, 11) is 2.03. The summed E-state index contributed by atoms with van der Waals surface area (Å²) in [5.41, 5.74) is 2.28. The first-order valence-electron chi connectivity index (χ1n) is 4.89. The largest absolute Gasteiger partial charge is 0.264 e. The van der Waals surface area contributed by atoms with E-state index in [0.717, 1.165) is 5.56 Å². The highest BCUT2D eigenvalue weighted by Gasteiger charge is 1.97. The van der Waals surface area contributed by atoms with Crippen molar-refractivity contribution in [2.24, 2.45) is 7.05 Å². The fourth-order valence-corrected chi connectivity index (χ4v) is 1.37. The van der Waals surface area contributed by atoms with Crippen LogP contribution in [0.25, 0.3) is 12.2 Å². The molecule has 2 nitrogen and oxygen atoms in total. The molecule has 2 rings (SSSR count). The van der Waals surface area contributed by atoms with E-state index in [-0.39, 0.29) is 0 Å². The van der Waals surface area contributed by atoms with E-state index < -0.39 is 0 Å². The van der Waals surface area contributed by atoms with Gasteiger partial charge >= 0.3 is 0 Å².